The first kappa shape index (κ1) is 17.9. The molecule has 8 heteroatoms. The fraction of sp³-hybridized carbons (Fsp3) is 0.444. The number of likely N-dealkylation sites (tertiary alicyclic amines) is 1. The van der Waals surface area contributed by atoms with E-state index in [0.29, 0.717) is 25.1 Å². The number of piperidine rings is 1. The summed E-state index contributed by atoms with van der Waals surface area (Å²) in [5.41, 5.74) is 1.65. The van der Waals surface area contributed by atoms with Crippen LogP contribution in [0.1, 0.15) is 30.1 Å². The van der Waals surface area contributed by atoms with Crippen LogP contribution in [0.4, 0.5) is 0 Å². The molecule has 2 amide bonds. The van der Waals surface area contributed by atoms with Crippen molar-refractivity contribution in [3.63, 3.8) is 0 Å². The molecular formula is C18H23N5O3. The molecule has 0 saturated carbocycles. The second kappa shape index (κ2) is 7.55. The van der Waals surface area contributed by atoms with E-state index in [2.05, 4.69) is 15.4 Å². The van der Waals surface area contributed by atoms with Gasteiger partial charge in [0.05, 0.1) is 24.8 Å². The monoisotopic (exact) mass is 357 g/mol. The molecule has 138 valence electrons. The van der Waals surface area contributed by atoms with E-state index in [1.54, 1.807) is 48.4 Å². The van der Waals surface area contributed by atoms with Crippen LogP contribution in [-0.4, -0.2) is 45.6 Å². The molecule has 0 radical (unpaired) electrons. The van der Waals surface area contributed by atoms with Crippen LogP contribution in [0.2, 0.25) is 0 Å². The predicted octanol–water partition coefficient (Wildman–Crippen LogP) is 1.05. The largest absolute Gasteiger partial charge is 0.496 e. The number of methoxy groups -OCH3 is 1. The summed E-state index contributed by atoms with van der Waals surface area (Å²) in [4.78, 5) is 30.8. The van der Waals surface area contributed by atoms with Gasteiger partial charge in [0, 0.05) is 51.2 Å². The molecule has 3 heterocycles. The van der Waals surface area contributed by atoms with Crippen molar-refractivity contribution in [2.75, 3.05) is 14.2 Å². The topological polar surface area (TPSA) is 89.3 Å². The van der Waals surface area contributed by atoms with Gasteiger partial charge in [0.15, 0.2) is 0 Å². The maximum Gasteiger partial charge on any atom is 0.225 e. The summed E-state index contributed by atoms with van der Waals surface area (Å²) in [6, 6.07) is 3.27. The van der Waals surface area contributed by atoms with Crippen LogP contribution in [0.3, 0.4) is 0 Å². The van der Waals surface area contributed by atoms with Gasteiger partial charge in [-0.1, -0.05) is 0 Å². The number of ether oxygens (including phenoxy) is 1. The number of carbonyl (C=O) groups is 2. The summed E-state index contributed by atoms with van der Waals surface area (Å²) < 4.78 is 7.01. The highest BCUT2D eigenvalue weighted by atomic mass is 16.5. The molecule has 1 aliphatic rings. The van der Waals surface area contributed by atoms with Crippen molar-refractivity contribution in [3.8, 4) is 5.75 Å². The summed E-state index contributed by atoms with van der Waals surface area (Å²) in [5.74, 6) is 0.283. The Morgan fingerprint density at radius 2 is 2.15 bits per heavy atom. The molecule has 2 aromatic heterocycles. The lowest BCUT2D eigenvalue weighted by molar-refractivity contribution is -0.142. The van der Waals surface area contributed by atoms with E-state index in [1.165, 1.54) is 0 Å². The van der Waals surface area contributed by atoms with Gasteiger partial charge in [0.2, 0.25) is 11.8 Å². The molecule has 3 rings (SSSR count). The standard InChI is InChI=1S/C18H23N5O3/c1-22-16(24)5-4-13(17(22)14-6-9-21-23(14)2)18(25)20-11-12-10-19-8-7-15(12)26-3/h6-10,13,17H,4-5,11H2,1-3H3,(H,20,25)/t13-,17-/m0/s1. The average Bonchev–Trinajstić information content (AvgIpc) is 3.07. The van der Waals surface area contributed by atoms with Gasteiger partial charge in [-0.05, 0) is 18.6 Å². The third kappa shape index (κ3) is 3.40. The fourth-order valence-electron chi connectivity index (χ4n) is 3.45. The zero-order valence-corrected chi connectivity index (χ0v) is 15.2. The van der Waals surface area contributed by atoms with E-state index in [9.17, 15) is 9.59 Å². The second-order valence-electron chi connectivity index (χ2n) is 6.38. The van der Waals surface area contributed by atoms with Crippen molar-refractivity contribution in [2.45, 2.75) is 25.4 Å². The second-order valence-corrected chi connectivity index (χ2v) is 6.38. The van der Waals surface area contributed by atoms with Crippen molar-refractivity contribution in [1.29, 1.82) is 0 Å². The van der Waals surface area contributed by atoms with Gasteiger partial charge in [-0.25, -0.2) is 0 Å². The molecule has 0 spiro atoms. The lowest BCUT2D eigenvalue weighted by Crippen LogP contribution is -2.46. The summed E-state index contributed by atoms with van der Waals surface area (Å²) in [5, 5.41) is 7.15. The minimum Gasteiger partial charge on any atom is -0.496 e. The maximum absolute atomic E-state index is 12.9. The molecular weight excluding hydrogens is 334 g/mol. The summed E-state index contributed by atoms with van der Waals surface area (Å²) in [7, 11) is 5.14. The predicted molar refractivity (Wildman–Crippen MR) is 94.1 cm³/mol. The molecule has 26 heavy (non-hydrogen) atoms. The molecule has 2 atom stereocenters. The van der Waals surface area contributed by atoms with Gasteiger partial charge in [-0.2, -0.15) is 5.10 Å². The first-order chi connectivity index (χ1) is 12.5. The smallest absolute Gasteiger partial charge is 0.225 e. The first-order valence-corrected chi connectivity index (χ1v) is 8.51. The molecule has 0 bridgehead atoms. The highest BCUT2D eigenvalue weighted by Crippen LogP contribution is 2.35. The third-order valence-corrected chi connectivity index (χ3v) is 4.89. The average molecular weight is 357 g/mol. The highest BCUT2D eigenvalue weighted by Gasteiger charge is 2.40. The highest BCUT2D eigenvalue weighted by molar-refractivity contribution is 5.84. The Labute approximate surface area is 152 Å². The van der Waals surface area contributed by atoms with E-state index in [0.717, 1.165) is 11.3 Å². The number of nitrogens with one attached hydrogen (secondary N) is 1. The van der Waals surface area contributed by atoms with E-state index >= 15 is 0 Å². The lowest BCUT2D eigenvalue weighted by atomic mass is 9.86. The third-order valence-electron chi connectivity index (χ3n) is 4.89. The maximum atomic E-state index is 12.9. The number of hydrogen-bond donors (Lipinski definition) is 1. The molecule has 8 nitrogen and oxygen atoms in total. The molecule has 0 aliphatic carbocycles. The van der Waals surface area contributed by atoms with Crippen LogP contribution in [0, 0.1) is 5.92 Å². The molecule has 0 aromatic carbocycles. The molecule has 0 unspecified atom stereocenters. The zero-order valence-electron chi connectivity index (χ0n) is 15.2. The number of aromatic nitrogens is 3. The first-order valence-electron chi connectivity index (χ1n) is 8.51. The Hall–Kier alpha value is -2.90. The normalized spacial score (nSPS) is 20.1. The minimum atomic E-state index is -0.337. The van der Waals surface area contributed by atoms with Crippen LogP contribution in [0.25, 0.3) is 0 Å². The van der Waals surface area contributed by atoms with E-state index < -0.39 is 0 Å². The van der Waals surface area contributed by atoms with Crippen molar-refractivity contribution in [3.05, 3.63) is 42.0 Å². The lowest BCUT2D eigenvalue weighted by Gasteiger charge is -2.38. The van der Waals surface area contributed by atoms with Gasteiger partial charge in [0.1, 0.15) is 5.75 Å². The van der Waals surface area contributed by atoms with Crippen molar-refractivity contribution >= 4 is 11.8 Å². The number of amides is 2. The summed E-state index contributed by atoms with van der Waals surface area (Å²) >= 11 is 0. The van der Waals surface area contributed by atoms with Crippen molar-refractivity contribution in [1.82, 2.24) is 25.0 Å². The van der Waals surface area contributed by atoms with Gasteiger partial charge < -0.3 is 15.0 Å². The van der Waals surface area contributed by atoms with Gasteiger partial charge in [-0.15, -0.1) is 0 Å². The quantitative estimate of drug-likeness (QED) is 0.864. The van der Waals surface area contributed by atoms with E-state index in [-0.39, 0.29) is 23.8 Å². The number of carbonyl (C=O) groups excluding carboxylic acids is 2. The number of pyridine rings is 1. The molecule has 1 fully saturated rings. The van der Waals surface area contributed by atoms with Crippen molar-refractivity contribution < 1.29 is 14.3 Å². The molecule has 1 saturated heterocycles. The zero-order chi connectivity index (χ0) is 18.7. The van der Waals surface area contributed by atoms with Crippen LogP contribution in [0.5, 0.6) is 5.75 Å². The Morgan fingerprint density at radius 3 is 2.85 bits per heavy atom. The number of rotatable bonds is 5. The van der Waals surface area contributed by atoms with Gasteiger partial charge >= 0.3 is 0 Å². The Balaban J connectivity index is 1.78. The van der Waals surface area contributed by atoms with Crippen molar-refractivity contribution in [2.24, 2.45) is 13.0 Å². The summed E-state index contributed by atoms with van der Waals surface area (Å²) in [6.07, 6.45) is 5.87. The molecule has 1 N–H and O–H groups in total. The number of aryl methyl sites for hydroxylation is 1. The Morgan fingerprint density at radius 1 is 1.35 bits per heavy atom. The van der Waals surface area contributed by atoms with Gasteiger partial charge in [-0.3, -0.25) is 19.3 Å². The Bertz CT molecular complexity index is 804. The minimum absolute atomic E-state index is 0.0363. The summed E-state index contributed by atoms with van der Waals surface area (Å²) in [6.45, 7) is 0.322. The van der Waals surface area contributed by atoms with Crippen LogP contribution in [0.15, 0.2) is 30.7 Å². The number of hydrogen-bond acceptors (Lipinski definition) is 5. The van der Waals surface area contributed by atoms with E-state index in [4.69, 9.17) is 4.74 Å². The molecule has 1 aliphatic heterocycles. The van der Waals surface area contributed by atoms with Gasteiger partial charge in [0.25, 0.3) is 0 Å². The number of nitrogens with zero attached hydrogens (tertiary/aromatic N) is 4. The van der Waals surface area contributed by atoms with Crippen LogP contribution in [-0.2, 0) is 23.2 Å². The van der Waals surface area contributed by atoms with Crippen LogP contribution >= 0.6 is 0 Å². The van der Waals surface area contributed by atoms with E-state index in [1.807, 2.05) is 13.1 Å². The Kier molecular flexibility index (Phi) is 5.20. The fourth-order valence-corrected chi connectivity index (χ4v) is 3.45. The molecule has 2 aromatic rings. The SMILES string of the molecule is COc1ccncc1CNC(=O)[C@H]1CCC(=O)N(C)[C@@H]1c1ccnn1C. The van der Waals surface area contributed by atoms with Crippen LogP contribution < -0.4 is 10.1 Å².